The Balaban J connectivity index is 2.02. The van der Waals surface area contributed by atoms with Crippen molar-refractivity contribution in [1.29, 1.82) is 0 Å². The smallest absolute Gasteiger partial charge is 0.262 e. The first-order valence-corrected chi connectivity index (χ1v) is 8.49. The van der Waals surface area contributed by atoms with E-state index in [4.69, 9.17) is 4.74 Å². The van der Waals surface area contributed by atoms with Gasteiger partial charge in [-0.3, -0.25) is 4.79 Å². The van der Waals surface area contributed by atoms with Gasteiger partial charge in [0.25, 0.3) is 5.91 Å². The van der Waals surface area contributed by atoms with Crippen LogP contribution in [0.15, 0.2) is 34.8 Å². The minimum Gasteiger partial charge on any atom is -0.483 e. The molecule has 4 heteroatoms. The summed E-state index contributed by atoms with van der Waals surface area (Å²) in [5.41, 5.74) is 5.25. The average molecular weight is 376 g/mol. The number of hydrogen-bond acceptors (Lipinski definition) is 2. The van der Waals surface area contributed by atoms with Crippen molar-refractivity contribution in [2.75, 3.05) is 11.9 Å². The van der Waals surface area contributed by atoms with E-state index in [1.807, 2.05) is 45.0 Å². The molecule has 0 aliphatic rings. The summed E-state index contributed by atoms with van der Waals surface area (Å²) in [6.07, 6.45) is 0.960. The molecule has 0 spiro atoms. The van der Waals surface area contributed by atoms with Gasteiger partial charge in [0.15, 0.2) is 6.61 Å². The predicted molar refractivity (Wildman–Crippen MR) is 98.3 cm³/mol. The zero-order valence-corrected chi connectivity index (χ0v) is 15.6. The summed E-state index contributed by atoms with van der Waals surface area (Å²) < 4.78 is 6.62. The van der Waals surface area contributed by atoms with Crippen molar-refractivity contribution in [3.05, 3.63) is 57.1 Å². The Morgan fingerprint density at radius 1 is 1.13 bits per heavy atom. The summed E-state index contributed by atoms with van der Waals surface area (Å²) in [6.45, 7) is 8.12. The van der Waals surface area contributed by atoms with Gasteiger partial charge < -0.3 is 10.1 Å². The zero-order chi connectivity index (χ0) is 17.0. The molecule has 0 fully saturated rings. The van der Waals surface area contributed by atoms with Crippen molar-refractivity contribution in [3.8, 4) is 5.75 Å². The molecule has 0 unspecified atom stereocenters. The summed E-state index contributed by atoms with van der Waals surface area (Å²) in [5.74, 6) is 0.621. The molecule has 1 N–H and O–H groups in total. The third-order valence-electron chi connectivity index (χ3n) is 3.94. The van der Waals surface area contributed by atoms with E-state index in [2.05, 4.69) is 34.2 Å². The molecule has 1 amide bonds. The number of aryl methyl sites for hydroxylation is 3. The Bertz CT molecular complexity index is 726. The fourth-order valence-electron chi connectivity index (χ4n) is 2.35. The van der Waals surface area contributed by atoms with Crippen LogP contribution in [-0.4, -0.2) is 12.5 Å². The summed E-state index contributed by atoms with van der Waals surface area (Å²) in [5, 5.41) is 2.87. The van der Waals surface area contributed by atoms with Crippen LogP contribution in [0, 0.1) is 20.8 Å². The molecule has 2 rings (SSSR count). The monoisotopic (exact) mass is 375 g/mol. The van der Waals surface area contributed by atoms with Gasteiger partial charge in [-0.2, -0.15) is 0 Å². The van der Waals surface area contributed by atoms with Crippen LogP contribution in [0.4, 0.5) is 5.69 Å². The van der Waals surface area contributed by atoms with Crippen LogP contribution < -0.4 is 10.1 Å². The van der Waals surface area contributed by atoms with Crippen LogP contribution >= 0.6 is 15.9 Å². The van der Waals surface area contributed by atoms with Gasteiger partial charge in [-0.15, -0.1) is 0 Å². The second kappa shape index (κ2) is 7.64. The van der Waals surface area contributed by atoms with E-state index >= 15 is 0 Å². The van der Waals surface area contributed by atoms with Gasteiger partial charge in [-0.25, -0.2) is 0 Å². The molecule has 0 aliphatic heterocycles. The predicted octanol–water partition coefficient (Wildman–Crippen LogP) is 4.95. The SMILES string of the molecule is CCc1ccc(NC(=O)COc2c(C)ccc(C)c2C)c(Br)c1. The van der Waals surface area contributed by atoms with Crippen LogP contribution in [-0.2, 0) is 11.2 Å². The van der Waals surface area contributed by atoms with Crippen molar-refractivity contribution >= 4 is 27.5 Å². The fourth-order valence-corrected chi connectivity index (χ4v) is 2.88. The second-order valence-electron chi connectivity index (χ2n) is 5.66. The molecule has 2 aromatic rings. The van der Waals surface area contributed by atoms with Crippen molar-refractivity contribution in [2.24, 2.45) is 0 Å². The van der Waals surface area contributed by atoms with E-state index < -0.39 is 0 Å². The Hall–Kier alpha value is -1.81. The normalized spacial score (nSPS) is 10.5. The number of benzene rings is 2. The summed E-state index contributed by atoms with van der Waals surface area (Å²) in [7, 11) is 0. The van der Waals surface area contributed by atoms with Crippen LogP contribution in [0.1, 0.15) is 29.2 Å². The van der Waals surface area contributed by atoms with Gasteiger partial charge in [-0.1, -0.05) is 25.1 Å². The molecule has 122 valence electrons. The Morgan fingerprint density at radius 2 is 1.83 bits per heavy atom. The van der Waals surface area contributed by atoms with E-state index in [1.165, 1.54) is 5.56 Å². The van der Waals surface area contributed by atoms with E-state index in [9.17, 15) is 4.79 Å². The molecule has 0 aromatic heterocycles. The molecule has 23 heavy (non-hydrogen) atoms. The third-order valence-corrected chi connectivity index (χ3v) is 4.59. The molecular weight excluding hydrogens is 354 g/mol. The van der Waals surface area contributed by atoms with Crippen molar-refractivity contribution in [3.63, 3.8) is 0 Å². The number of anilines is 1. The molecular formula is C19H22BrNO2. The summed E-state index contributed by atoms with van der Waals surface area (Å²) in [4.78, 5) is 12.1. The molecule has 2 aromatic carbocycles. The lowest BCUT2D eigenvalue weighted by Crippen LogP contribution is -2.21. The topological polar surface area (TPSA) is 38.3 Å². The lowest BCUT2D eigenvalue weighted by Gasteiger charge is -2.14. The summed E-state index contributed by atoms with van der Waals surface area (Å²) in [6, 6.07) is 10.0. The molecule has 0 saturated carbocycles. The van der Waals surface area contributed by atoms with E-state index in [0.29, 0.717) is 0 Å². The largest absolute Gasteiger partial charge is 0.483 e. The maximum atomic E-state index is 12.1. The fraction of sp³-hybridized carbons (Fsp3) is 0.316. The highest BCUT2D eigenvalue weighted by molar-refractivity contribution is 9.10. The lowest BCUT2D eigenvalue weighted by molar-refractivity contribution is -0.118. The summed E-state index contributed by atoms with van der Waals surface area (Å²) >= 11 is 3.49. The molecule has 0 heterocycles. The number of amides is 1. The molecule has 0 saturated heterocycles. The minimum absolute atomic E-state index is 0.00684. The van der Waals surface area contributed by atoms with Gasteiger partial charge >= 0.3 is 0 Å². The first-order chi connectivity index (χ1) is 10.9. The quantitative estimate of drug-likeness (QED) is 0.802. The number of nitrogens with one attached hydrogen (secondary N) is 1. The van der Waals surface area contributed by atoms with Crippen LogP contribution in [0.2, 0.25) is 0 Å². The molecule has 0 atom stereocenters. The standard InChI is InChI=1S/C19H22BrNO2/c1-5-15-8-9-17(16(20)10-15)21-18(22)11-23-19-13(3)7-6-12(2)14(19)4/h6-10H,5,11H2,1-4H3,(H,21,22). The molecule has 3 nitrogen and oxygen atoms in total. The van der Waals surface area contributed by atoms with Gasteiger partial charge in [0.1, 0.15) is 5.75 Å². The highest BCUT2D eigenvalue weighted by Gasteiger charge is 2.10. The minimum atomic E-state index is -0.171. The van der Waals surface area contributed by atoms with E-state index in [0.717, 1.165) is 39.0 Å². The van der Waals surface area contributed by atoms with Crippen LogP contribution in [0.25, 0.3) is 0 Å². The van der Waals surface area contributed by atoms with Gasteiger partial charge in [-0.05, 0) is 77.5 Å². The third kappa shape index (κ3) is 4.35. The average Bonchev–Trinajstić information content (AvgIpc) is 2.53. The Kier molecular flexibility index (Phi) is 5.83. The number of rotatable bonds is 5. The molecule has 0 radical (unpaired) electrons. The number of ether oxygens (including phenoxy) is 1. The number of halogens is 1. The Labute approximate surface area is 146 Å². The number of carbonyl (C=O) groups is 1. The Morgan fingerprint density at radius 3 is 2.48 bits per heavy atom. The van der Waals surface area contributed by atoms with Crippen LogP contribution in [0.3, 0.4) is 0 Å². The van der Waals surface area contributed by atoms with E-state index in [-0.39, 0.29) is 12.5 Å². The first kappa shape index (κ1) is 17.5. The van der Waals surface area contributed by atoms with Gasteiger partial charge in [0.2, 0.25) is 0 Å². The van der Waals surface area contributed by atoms with E-state index in [1.54, 1.807) is 0 Å². The molecule has 0 bridgehead atoms. The highest BCUT2D eigenvalue weighted by atomic mass is 79.9. The van der Waals surface area contributed by atoms with Gasteiger partial charge in [0.05, 0.1) is 5.69 Å². The van der Waals surface area contributed by atoms with Crippen molar-refractivity contribution in [2.45, 2.75) is 34.1 Å². The van der Waals surface area contributed by atoms with Gasteiger partial charge in [0, 0.05) is 4.47 Å². The van der Waals surface area contributed by atoms with Crippen molar-refractivity contribution in [1.82, 2.24) is 0 Å². The maximum Gasteiger partial charge on any atom is 0.262 e. The van der Waals surface area contributed by atoms with Crippen LogP contribution in [0.5, 0.6) is 5.75 Å². The maximum absolute atomic E-state index is 12.1. The zero-order valence-electron chi connectivity index (χ0n) is 14.0. The first-order valence-electron chi connectivity index (χ1n) is 7.70. The number of carbonyl (C=O) groups excluding carboxylic acids is 1. The number of hydrogen-bond donors (Lipinski definition) is 1. The highest BCUT2D eigenvalue weighted by Crippen LogP contribution is 2.26. The second-order valence-corrected chi connectivity index (χ2v) is 6.51. The van der Waals surface area contributed by atoms with Crippen molar-refractivity contribution < 1.29 is 9.53 Å². The molecule has 0 aliphatic carbocycles. The lowest BCUT2D eigenvalue weighted by atomic mass is 10.1.